The molecule has 0 spiro atoms. The molecule has 3 aromatic rings. The SMILES string of the molecule is COC(=O)C[C@@H]1c2cc(OC)c(OC)cc2CCN1Cc1nc(N)nc(Nc2ccc(C)cc2)n1. The van der Waals surface area contributed by atoms with Crippen LogP contribution in [0.15, 0.2) is 36.4 Å². The molecule has 4 rings (SSSR count). The highest BCUT2D eigenvalue weighted by Gasteiger charge is 2.32. The van der Waals surface area contributed by atoms with E-state index >= 15 is 0 Å². The maximum absolute atomic E-state index is 12.3. The fourth-order valence-corrected chi connectivity index (χ4v) is 4.26. The molecule has 2 aromatic carbocycles. The summed E-state index contributed by atoms with van der Waals surface area (Å²) in [5, 5.41) is 3.18. The third-order valence-corrected chi connectivity index (χ3v) is 6.05. The number of nitrogens with two attached hydrogens (primary N) is 1. The van der Waals surface area contributed by atoms with Gasteiger partial charge in [-0.25, -0.2) is 0 Å². The molecule has 0 saturated carbocycles. The van der Waals surface area contributed by atoms with Crippen molar-refractivity contribution >= 4 is 23.6 Å². The van der Waals surface area contributed by atoms with Crippen molar-refractivity contribution in [3.63, 3.8) is 0 Å². The van der Waals surface area contributed by atoms with Crippen LogP contribution in [0.25, 0.3) is 0 Å². The van der Waals surface area contributed by atoms with Crippen LogP contribution < -0.4 is 20.5 Å². The fourth-order valence-electron chi connectivity index (χ4n) is 4.26. The number of nitrogen functional groups attached to an aromatic ring is 1. The number of nitrogens with one attached hydrogen (secondary N) is 1. The number of methoxy groups -OCH3 is 3. The Hall–Kier alpha value is -3.92. The minimum atomic E-state index is -0.306. The summed E-state index contributed by atoms with van der Waals surface area (Å²) >= 11 is 0. The lowest BCUT2D eigenvalue weighted by atomic mass is 9.90. The van der Waals surface area contributed by atoms with Crippen molar-refractivity contribution < 1.29 is 19.0 Å². The van der Waals surface area contributed by atoms with E-state index in [1.807, 2.05) is 43.3 Å². The van der Waals surface area contributed by atoms with Crippen molar-refractivity contribution in [3.8, 4) is 11.5 Å². The number of ether oxygens (including phenoxy) is 3. The number of nitrogens with zero attached hydrogens (tertiary/aromatic N) is 4. The Morgan fingerprint density at radius 1 is 1.09 bits per heavy atom. The van der Waals surface area contributed by atoms with E-state index in [2.05, 4.69) is 25.2 Å². The zero-order chi connectivity index (χ0) is 24.9. The Morgan fingerprint density at radius 2 is 1.80 bits per heavy atom. The first-order valence-electron chi connectivity index (χ1n) is 11.3. The smallest absolute Gasteiger partial charge is 0.307 e. The van der Waals surface area contributed by atoms with Gasteiger partial charge >= 0.3 is 5.97 Å². The van der Waals surface area contributed by atoms with E-state index in [0.29, 0.717) is 36.4 Å². The number of hydrogen-bond acceptors (Lipinski definition) is 10. The van der Waals surface area contributed by atoms with E-state index in [4.69, 9.17) is 19.9 Å². The van der Waals surface area contributed by atoms with Crippen molar-refractivity contribution in [1.82, 2.24) is 19.9 Å². The van der Waals surface area contributed by atoms with E-state index in [-0.39, 0.29) is 24.4 Å². The lowest BCUT2D eigenvalue weighted by molar-refractivity contribution is -0.142. The summed E-state index contributed by atoms with van der Waals surface area (Å²) in [5.74, 6) is 1.96. The molecule has 1 aromatic heterocycles. The highest BCUT2D eigenvalue weighted by molar-refractivity contribution is 5.70. The molecule has 184 valence electrons. The number of benzene rings is 2. The summed E-state index contributed by atoms with van der Waals surface area (Å²) in [7, 11) is 4.59. The number of carbonyl (C=O) groups is 1. The van der Waals surface area contributed by atoms with Crippen molar-refractivity contribution in [3.05, 3.63) is 58.9 Å². The highest BCUT2D eigenvalue weighted by atomic mass is 16.5. The largest absolute Gasteiger partial charge is 0.493 e. The standard InChI is InChI=1S/C25H30N6O4/c1-15-5-7-17(8-6-15)27-25-29-22(28-24(26)30-25)14-31-10-9-16-11-20(33-2)21(34-3)12-18(16)19(31)13-23(32)35-4/h5-8,11-12,19H,9-10,13-14H2,1-4H3,(H3,26,27,28,29,30)/t19-/m1/s1. The van der Waals surface area contributed by atoms with Crippen LogP contribution in [-0.2, 0) is 22.5 Å². The summed E-state index contributed by atoms with van der Waals surface area (Å²) in [6.07, 6.45) is 0.941. The van der Waals surface area contributed by atoms with E-state index in [0.717, 1.165) is 28.8 Å². The molecule has 0 aliphatic carbocycles. The third kappa shape index (κ3) is 5.60. The first-order chi connectivity index (χ1) is 16.9. The molecular formula is C25H30N6O4. The number of aromatic nitrogens is 3. The van der Waals surface area contributed by atoms with Gasteiger partial charge in [0.25, 0.3) is 0 Å². The molecule has 3 N–H and O–H groups in total. The van der Waals surface area contributed by atoms with Crippen molar-refractivity contribution in [2.45, 2.75) is 32.4 Å². The monoisotopic (exact) mass is 478 g/mol. The van der Waals surface area contributed by atoms with E-state index in [1.165, 1.54) is 7.11 Å². The van der Waals surface area contributed by atoms with Crippen molar-refractivity contribution in [2.75, 3.05) is 38.9 Å². The van der Waals surface area contributed by atoms with Crippen molar-refractivity contribution in [1.29, 1.82) is 0 Å². The summed E-state index contributed by atoms with van der Waals surface area (Å²) in [6, 6.07) is 11.5. The second-order valence-corrected chi connectivity index (χ2v) is 8.35. The molecule has 35 heavy (non-hydrogen) atoms. The van der Waals surface area contributed by atoms with Crippen LogP contribution >= 0.6 is 0 Å². The average Bonchev–Trinajstić information content (AvgIpc) is 2.85. The van der Waals surface area contributed by atoms with Gasteiger partial charge in [-0.15, -0.1) is 0 Å². The Morgan fingerprint density at radius 3 is 2.49 bits per heavy atom. The quantitative estimate of drug-likeness (QED) is 0.466. The number of rotatable bonds is 8. The minimum absolute atomic E-state index is 0.123. The zero-order valence-electron chi connectivity index (χ0n) is 20.4. The topological polar surface area (TPSA) is 125 Å². The molecule has 0 unspecified atom stereocenters. The van der Waals surface area contributed by atoms with Gasteiger partial charge in [0.2, 0.25) is 11.9 Å². The lowest BCUT2D eigenvalue weighted by Gasteiger charge is -2.36. The van der Waals surface area contributed by atoms with Gasteiger partial charge in [0.15, 0.2) is 11.5 Å². The lowest BCUT2D eigenvalue weighted by Crippen LogP contribution is -2.37. The van der Waals surface area contributed by atoms with Crippen LogP contribution in [0.3, 0.4) is 0 Å². The van der Waals surface area contributed by atoms with Gasteiger partial charge in [-0.1, -0.05) is 17.7 Å². The first kappa shape index (κ1) is 24.2. The van der Waals surface area contributed by atoms with Crippen molar-refractivity contribution in [2.24, 2.45) is 0 Å². The van der Waals surface area contributed by atoms with Crippen LogP contribution in [0.4, 0.5) is 17.6 Å². The first-order valence-corrected chi connectivity index (χ1v) is 11.3. The van der Waals surface area contributed by atoms with Gasteiger partial charge < -0.3 is 25.3 Å². The molecule has 0 saturated heterocycles. The van der Waals surface area contributed by atoms with Crippen LogP contribution in [0.2, 0.25) is 0 Å². The maximum Gasteiger partial charge on any atom is 0.307 e. The normalized spacial score (nSPS) is 15.3. The fraction of sp³-hybridized carbons (Fsp3) is 0.360. The summed E-state index contributed by atoms with van der Waals surface area (Å²) in [4.78, 5) is 27.6. The molecule has 10 nitrogen and oxygen atoms in total. The predicted octanol–water partition coefficient (Wildman–Crippen LogP) is 3.19. The van der Waals surface area contributed by atoms with E-state index in [9.17, 15) is 4.79 Å². The Kier molecular flexibility index (Phi) is 7.31. The molecule has 1 aliphatic heterocycles. The molecule has 0 bridgehead atoms. The summed E-state index contributed by atoms with van der Waals surface area (Å²) in [5.41, 5.74) is 10.1. The van der Waals surface area contributed by atoms with Gasteiger partial charge in [0.1, 0.15) is 5.82 Å². The zero-order valence-corrected chi connectivity index (χ0v) is 20.4. The van der Waals surface area contributed by atoms with Crippen LogP contribution in [0.1, 0.15) is 35.0 Å². The van der Waals surface area contributed by atoms with Gasteiger partial charge in [-0.05, 0) is 48.7 Å². The average molecular weight is 479 g/mol. The number of aryl methyl sites for hydroxylation is 1. The molecule has 10 heteroatoms. The number of carbonyl (C=O) groups excluding carboxylic acids is 1. The molecule has 0 radical (unpaired) electrons. The van der Waals surface area contributed by atoms with E-state index < -0.39 is 0 Å². The minimum Gasteiger partial charge on any atom is -0.493 e. The molecular weight excluding hydrogens is 448 g/mol. The number of hydrogen-bond donors (Lipinski definition) is 2. The second kappa shape index (κ2) is 10.6. The van der Waals surface area contributed by atoms with Crippen LogP contribution in [0.5, 0.6) is 11.5 Å². The third-order valence-electron chi connectivity index (χ3n) is 6.05. The highest BCUT2D eigenvalue weighted by Crippen LogP contribution is 2.40. The number of esters is 1. The van der Waals surface area contributed by atoms with Gasteiger partial charge in [0, 0.05) is 18.3 Å². The molecule has 2 heterocycles. The Labute approximate surface area is 204 Å². The van der Waals surface area contributed by atoms with E-state index in [1.54, 1.807) is 14.2 Å². The predicted molar refractivity (Wildman–Crippen MR) is 132 cm³/mol. The Bertz CT molecular complexity index is 1200. The van der Waals surface area contributed by atoms with Gasteiger partial charge in [-0.3, -0.25) is 9.69 Å². The van der Waals surface area contributed by atoms with Crippen LogP contribution in [0, 0.1) is 6.92 Å². The summed E-state index contributed by atoms with van der Waals surface area (Å²) < 4.78 is 16.0. The van der Waals surface area contributed by atoms with Gasteiger partial charge in [0.05, 0.1) is 34.3 Å². The summed E-state index contributed by atoms with van der Waals surface area (Å²) in [6.45, 7) is 3.09. The maximum atomic E-state index is 12.3. The number of fused-ring (bicyclic) bond motifs is 1. The number of anilines is 3. The molecule has 0 fully saturated rings. The van der Waals surface area contributed by atoms with Crippen LogP contribution in [-0.4, -0.2) is 53.7 Å². The molecule has 1 atom stereocenters. The molecule has 0 amide bonds. The second-order valence-electron chi connectivity index (χ2n) is 8.35. The Balaban J connectivity index is 1.63. The molecule has 1 aliphatic rings. The van der Waals surface area contributed by atoms with Gasteiger partial charge in [-0.2, -0.15) is 15.0 Å².